The SMILES string of the molecule is CCNC(=NCc1ccc(OCCOc2ccccc2)nc1)NCC(C)(O)c1ccco1.I. The van der Waals surface area contributed by atoms with E-state index in [2.05, 4.69) is 20.6 Å². The minimum absolute atomic E-state index is 0. The van der Waals surface area contributed by atoms with Crippen LogP contribution in [0.3, 0.4) is 0 Å². The van der Waals surface area contributed by atoms with E-state index in [9.17, 15) is 5.11 Å². The zero-order valence-electron chi connectivity index (χ0n) is 18.9. The Kier molecular flexibility index (Phi) is 11.0. The van der Waals surface area contributed by atoms with Crippen LogP contribution in [0.2, 0.25) is 0 Å². The number of guanidine groups is 1. The Morgan fingerprint density at radius 2 is 1.85 bits per heavy atom. The fourth-order valence-electron chi connectivity index (χ4n) is 2.85. The van der Waals surface area contributed by atoms with E-state index in [1.807, 2.05) is 49.4 Å². The number of rotatable bonds is 11. The van der Waals surface area contributed by atoms with E-state index in [0.717, 1.165) is 11.3 Å². The van der Waals surface area contributed by atoms with Crippen LogP contribution in [-0.2, 0) is 12.1 Å². The molecule has 9 heteroatoms. The molecule has 0 spiro atoms. The molecule has 3 N–H and O–H groups in total. The minimum atomic E-state index is -1.15. The highest BCUT2D eigenvalue weighted by Gasteiger charge is 2.26. The van der Waals surface area contributed by atoms with Gasteiger partial charge in [0, 0.05) is 18.8 Å². The molecule has 2 aromatic heterocycles. The van der Waals surface area contributed by atoms with E-state index < -0.39 is 5.60 Å². The van der Waals surface area contributed by atoms with Gasteiger partial charge in [-0.25, -0.2) is 9.98 Å². The van der Waals surface area contributed by atoms with E-state index in [4.69, 9.17) is 13.9 Å². The third-order valence-electron chi connectivity index (χ3n) is 4.56. The molecule has 3 aromatic rings. The van der Waals surface area contributed by atoms with Gasteiger partial charge in [-0.1, -0.05) is 24.3 Å². The van der Waals surface area contributed by atoms with Gasteiger partial charge in [-0.15, -0.1) is 24.0 Å². The van der Waals surface area contributed by atoms with Gasteiger partial charge in [0.2, 0.25) is 5.88 Å². The van der Waals surface area contributed by atoms with Crippen LogP contribution in [0.1, 0.15) is 25.2 Å². The first-order chi connectivity index (χ1) is 15.6. The number of nitrogens with zero attached hydrogens (tertiary/aromatic N) is 2. The van der Waals surface area contributed by atoms with Gasteiger partial charge in [0.25, 0.3) is 0 Å². The number of aromatic nitrogens is 1. The molecule has 0 saturated heterocycles. The lowest BCUT2D eigenvalue weighted by molar-refractivity contribution is 0.0386. The summed E-state index contributed by atoms with van der Waals surface area (Å²) >= 11 is 0. The van der Waals surface area contributed by atoms with Gasteiger partial charge in [0.05, 0.1) is 19.4 Å². The summed E-state index contributed by atoms with van der Waals surface area (Å²) in [5, 5.41) is 16.9. The second kappa shape index (κ2) is 13.7. The Hall–Kier alpha value is -2.79. The summed E-state index contributed by atoms with van der Waals surface area (Å²) in [6.45, 7) is 5.91. The minimum Gasteiger partial charge on any atom is -0.490 e. The Bertz CT molecular complexity index is 948. The normalized spacial score (nSPS) is 12.9. The molecule has 33 heavy (non-hydrogen) atoms. The fraction of sp³-hybridized carbons (Fsp3) is 0.333. The van der Waals surface area contributed by atoms with Crippen molar-refractivity contribution in [1.82, 2.24) is 15.6 Å². The zero-order chi connectivity index (χ0) is 22.7. The van der Waals surface area contributed by atoms with Gasteiger partial charge in [-0.05, 0) is 43.7 Å². The lowest BCUT2D eigenvalue weighted by Crippen LogP contribution is -2.44. The van der Waals surface area contributed by atoms with Crippen LogP contribution in [0.5, 0.6) is 11.6 Å². The predicted molar refractivity (Wildman–Crippen MR) is 138 cm³/mol. The number of para-hydroxylation sites is 1. The molecule has 8 nitrogen and oxygen atoms in total. The molecule has 0 amide bonds. The van der Waals surface area contributed by atoms with E-state index in [1.165, 1.54) is 0 Å². The van der Waals surface area contributed by atoms with Gasteiger partial charge in [-0.2, -0.15) is 0 Å². The van der Waals surface area contributed by atoms with Crippen LogP contribution in [-0.4, -0.2) is 42.4 Å². The molecule has 0 aliphatic rings. The largest absolute Gasteiger partial charge is 0.490 e. The van der Waals surface area contributed by atoms with Gasteiger partial charge >= 0.3 is 0 Å². The zero-order valence-corrected chi connectivity index (χ0v) is 21.2. The third kappa shape index (κ3) is 8.93. The van der Waals surface area contributed by atoms with E-state index in [1.54, 1.807) is 31.5 Å². The van der Waals surface area contributed by atoms with Crippen molar-refractivity contribution in [2.45, 2.75) is 26.0 Å². The molecule has 0 fully saturated rings. The summed E-state index contributed by atoms with van der Waals surface area (Å²) < 4.78 is 16.5. The first kappa shape index (κ1) is 26.5. The molecule has 178 valence electrons. The summed E-state index contributed by atoms with van der Waals surface area (Å²) in [6.07, 6.45) is 3.28. The first-order valence-corrected chi connectivity index (χ1v) is 10.6. The maximum Gasteiger partial charge on any atom is 0.213 e. The number of furan rings is 1. The number of hydrogen-bond acceptors (Lipinski definition) is 6. The average molecular weight is 566 g/mol. The van der Waals surface area contributed by atoms with Gasteiger partial charge in [-0.3, -0.25) is 0 Å². The molecule has 2 heterocycles. The van der Waals surface area contributed by atoms with Crippen molar-refractivity contribution in [1.29, 1.82) is 0 Å². The van der Waals surface area contributed by atoms with Gasteiger partial charge < -0.3 is 29.6 Å². The Balaban J connectivity index is 0.00000385. The van der Waals surface area contributed by atoms with Crippen molar-refractivity contribution in [3.63, 3.8) is 0 Å². The second-order valence-electron chi connectivity index (χ2n) is 7.31. The van der Waals surface area contributed by atoms with Crippen molar-refractivity contribution in [3.8, 4) is 11.6 Å². The molecule has 0 bridgehead atoms. The molecule has 0 radical (unpaired) electrons. The first-order valence-electron chi connectivity index (χ1n) is 10.6. The molecule has 0 aliphatic heterocycles. The molecule has 1 atom stereocenters. The second-order valence-corrected chi connectivity index (χ2v) is 7.31. The molecule has 1 aromatic carbocycles. The number of aliphatic imine (C=N–C) groups is 1. The monoisotopic (exact) mass is 566 g/mol. The van der Waals surface area contributed by atoms with Crippen LogP contribution in [0.15, 0.2) is 76.5 Å². The number of benzene rings is 1. The van der Waals surface area contributed by atoms with Crippen molar-refractivity contribution in [2.24, 2.45) is 4.99 Å². The Morgan fingerprint density at radius 1 is 1.06 bits per heavy atom. The molecule has 0 saturated carbocycles. The van der Waals surface area contributed by atoms with Gasteiger partial charge in [0.1, 0.15) is 30.3 Å². The van der Waals surface area contributed by atoms with Crippen molar-refractivity contribution < 1.29 is 19.0 Å². The Morgan fingerprint density at radius 3 is 2.52 bits per heavy atom. The van der Waals surface area contributed by atoms with Crippen molar-refractivity contribution >= 4 is 29.9 Å². The summed E-state index contributed by atoms with van der Waals surface area (Å²) in [5.74, 6) is 2.44. The highest BCUT2D eigenvalue weighted by molar-refractivity contribution is 14.0. The van der Waals surface area contributed by atoms with E-state index in [-0.39, 0.29) is 30.5 Å². The number of nitrogens with one attached hydrogen (secondary N) is 2. The molecule has 1 unspecified atom stereocenters. The molecular weight excluding hydrogens is 535 g/mol. The summed E-state index contributed by atoms with van der Waals surface area (Å²) in [6, 6.07) is 16.8. The number of hydrogen-bond donors (Lipinski definition) is 3. The third-order valence-corrected chi connectivity index (χ3v) is 4.56. The van der Waals surface area contributed by atoms with E-state index in [0.29, 0.717) is 43.9 Å². The summed E-state index contributed by atoms with van der Waals surface area (Å²) in [7, 11) is 0. The highest BCUT2D eigenvalue weighted by Crippen LogP contribution is 2.19. The van der Waals surface area contributed by atoms with Crippen LogP contribution in [0, 0.1) is 0 Å². The smallest absolute Gasteiger partial charge is 0.213 e. The predicted octanol–water partition coefficient (Wildman–Crippen LogP) is 3.71. The number of ether oxygens (including phenoxy) is 2. The van der Waals surface area contributed by atoms with Crippen molar-refractivity contribution in [2.75, 3.05) is 26.3 Å². The van der Waals surface area contributed by atoms with E-state index >= 15 is 0 Å². The topological polar surface area (TPSA) is 101 Å². The lowest BCUT2D eigenvalue weighted by atomic mass is 10.0. The van der Waals surface area contributed by atoms with Crippen LogP contribution < -0.4 is 20.1 Å². The summed E-state index contributed by atoms with van der Waals surface area (Å²) in [4.78, 5) is 8.88. The molecular formula is C24H31IN4O4. The van der Waals surface area contributed by atoms with Gasteiger partial charge in [0.15, 0.2) is 5.96 Å². The van der Waals surface area contributed by atoms with Crippen LogP contribution in [0.25, 0.3) is 0 Å². The quantitative estimate of drug-likeness (QED) is 0.141. The van der Waals surface area contributed by atoms with Crippen LogP contribution in [0.4, 0.5) is 0 Å². The number of halogens is 1. The Labute approximate surface area is 211 Å². The molecule has 0 aliphatic carbocycles. The highest BCUT2D eigenvalue weighted by atomic mass is 127. The lowest BCUT2D eigenvalue weighted by Gasteiger charge is -2.22. The standard InChI is InChI=1S/C24H30N4O4.HI/c1-3-25-23(28-18-24(2,29)21-10-7-13-31-21)27-17-19-11-12-22(26-16-19)32-15-14-30-20-8-5-4-6-9-20;/h4-13,16,29H,3,14-15,17-18H2,1-2H3,(H2,25,27,28);1H. The number of pyridine rings is 1. The maximum absolute atomic E-state index is 10.6. The van der Waals surface area contributed by atoms with Crippen molar-refractivity contribution in [3.05, 3.63) is 78.4 Å². The number of aliphatic hydroxyl groups is 1. The average Bonchev–Trinajstić information content (AvgIpc) is 3.36. The maximum atomic E-state index is 10.6. The van der Waals surface area contributed by atoms with Crippen LogP contribution >= 0.6 is 24.0 Å². The summed E-state index contributed by atoms with van der Waals surface area (Å²) in [5.41, 5.74) is -0.210. The fourth-order valence-corrected chi connectivity index (χ4v) is 2.85. The molecule has 3 rings (SSSR count).